The number of benzene rings is 1. The quantitative estimate of drug-likeness (QED) is 0.892. The molecule has 1 aliphatic heterocycles. The van der Waals surface area contributed by atoms with Crippen molar-refractivity contribution in [2.45, 2.75) is 39.3 Å². The zero-order valence-corrected chi connectivity index (χ0v) is 15.9. The third-order valence-electron chi connectivity index (χ3n) is 4.19. The zero-order chi connectivity index (χ0) is 19.4. The first-order valence-corrected chi connectivity index (χ1v) is 9.03. The van der Waals surface area contributed by atoms with E-state index in [1.807, 2.05) is 51.1 Å². The predicted octanol–water partition coefficient (Wildman–Crippen LogP) is 2.52. The molecular weight excluding hydrogens is 346 g/mol. The van der Waals surface area contributed by atoms with Crippen LogP contribution in [0.2, 0.25) is 0 Å². The normalized spacial score (nSPS) is 17.0. The summed E-state index contributed by atoms with van der Waals surface area (Å²) in [5.74, 6) is -0.0312. The van der Waals surface area contributed by atoms with Crippen LogP contribution in [-0.2, 0) is 16.1 Å². The fourth-order valence-corrected chi connectivity index (χ4v) is 2.90. The number of carbonyl (C=O) groups excluding carboxylic acids is 2. The van der Waals surface area contributed by atoms with Gasteiger partial charge in [-0.25, -0.2) is 9.48 Å². The summed E-state index contributed by atoms with van der Waals surface area (Å²) in [4.78, 5) is 26.2. The first-order valence-electron chi connectivity index (χ1n) is 9.03. The second kappa shape index (κ2) is 7.77. The molecule has 1 fully saturated rings. The summed E-state index contributed by atoms with van der Waals surface area (Å²) >= 11 is 0. The largest absolute Gasteiger partial charge is 0.444 e. The Kier molecular flexibility index (Phi) is 5.43. The van der Waals surface area contributed by atoms with Gasteiger partial charge in [-0.1, -0.05) is 35.5 Å². The molecule has 144 valence electrons. The number of ether oxygens (including phenoxy) is 1. The van der Waals surface area contributed by atoms with Crippen LogP contribution in [0, 0.1) is 5.92 Å². The lowest BCUT2D eigenvalue weighted by Gasteiger charge is -2.24. The van der Waals surface area contributed by atoms with Gasteiger partial charge in [0, 0.05) is 13.1 Å². The Morgan fingerprint density at radius 1 is 1.26 bits per heavy atom. The minimum absolute atomic E-state index is 0.159. The third-order valence-corrected chi connectivity index (χ3v) is 4.19. The molecule has 1 atom stereocenters. The lowest BCUT2D eigenvalue weighted by molar-refractivity contribution is -0.119. The molecule has 3 rings (SSSR count). The van der Waals surface area contributed by atoms with Gasteiger partial charge < -0.3 is 15.0 Å². The summed E-state index contributed by atoms with van der Waals surface area (Å²) in [7, 11) is 0. The number of hydrogen-bond donors (Lipinski definition) is 1. The minimum atomic E-state index is -0.547. The number of amides is 2. The zero-order valence-electron chi connectivity index (χ0n) is 15.9. The van der Waals surface area contributed by atoms with Gasteiger partial charge in [0.2, 0.25) is 5.91 Å². The molecule has 2 heterocycles. The monoisotopic (exact) mass is 371 g/mol. The van der Waals surface area contributed by atoms with Crippen molar-refractivity contribution in [3.63, 3.8) is 0 Å². The van der Waals surface area contributed by atoms with E-state index in [4.69, 9.17) is 4.74 Å². The number of likely N-dealkylation sites (tertiary alicyclic amines) is 1. The smallest absolute Gasteiger partial charge is 0.410 e. The highest BCUT2D eigenvalue weighted by Crippen LogP contribution is 2.20. The number of anilines is 1. The fourth-order valence-electron chi connectivity index (χ4n) is 2.90. The minimum Gasteiger partial charge on any atom is -0.444 e. The Labute approximate surface area is 158 Å². The van der Waals surface area contributed by atoms with Crippen molar-refractivity contribution in [1.29, 1.82) is 0 Å². The van der Waals surface area contributed by atoms with E-state index in [0.29, 0.717) is 31.9 Å². The molecule has 1 aromatic heterocycles. The maximum atomic E-state index is 12.5. The third kappa shape index (κ3) is 5.29. The fraction of sp³-hybridized carbons (Fsp3) is 0.474. The highest BCUT2D eigenvalue weighted by Gasteiger charge is 2.33. The van der Waals surface area contributed by atoms with Gasteiger partial charge in [0.15, 0.2) is 5.82 Å². The van der Waals surface area contributed by atoms with Crippen LogP contribution in [0.5, 0.6) is 0 Å². The Morgan fingerprint density at radius 2 is 2.00 bits per heavy atom. The van der Waals surface area contributed by atoms with E-state index in [0.717, 1.165) is 5.56 Å². The molecule has 0 bridgehead atoms. The van der Waals surface area contributed by atoms with E-state index in [1.54, 1.807) is 15.8 Å². The van der Waals surface area contributed by atoms with Crippen molar-refractivity contribution in [3.05, 3.63) is 42.1 Å². The SMILES string of the molecule is CC(C)(C)OC(=O)N1CCC(C(=O)Nc2cn(Cc3ccccc3)nn2)C1. The molecule has 0 spiro atoms. The van der Waals surface area contributed by atoms with Gasteiger partial charge in [0.25, 0.3) is 0 Å². The van der Waals surface area contributed by atoms with Gasteiger partial charge in [0.1, 0.15) is 5.60 Å². The molecule has 2 aromatic rings. The van der Waals surface area contributed by atoms with E-state index in [1.165, 1.54) is 0 Å². The van der Waals surface area contributed by atoms with Crippen LogP contribution in [0.4, 0.5) is 10.6 Å². The number of aromatic nitrogens is 3. The maximum absolute atomic E-state index is 12.5. The molecule has 8 nitrogen and oxygen atoms in total. The van der Waals surface area contributed by atoms with E-state index >= 15 is 0 Å². The molecule has 0 aliphatic carbocycles. The number of hydrogen-bond acceptors (Lipinski definition) is 5. The van der Waals surface area contributed by atoms with E-state index in [2.05, 4.69) is 15.6 Å². The first kappa shape index (κ1) is 18.9. The molecule has 1 unspecified atom stereocenters. The van der Waals surface area contributed by atoms with Gasteiger partial charge in [-0.3, -0.25) is 4.79 Å². The lowest BCUT2D eigenvalue weighted by atomic mass is 10.1. The summed E-state index contributed by atoms with van der Waals surface area (Å²) in [6, 6.07) is 9.89. The maximum Gasteiger partial charge on any atom is 0.410 e. The van der Waals surface area contributed by atoms with Crippen molar-refractivity contribution >= 4 is 17.8 Å². The highest BCUT2D eigenvalue weighted by atomic mass is 16.6. The standard InChI is InChI=1S/C19H25N5O3/c1-19(2,3)27-18(26)23-10-9-15(12-23)17(25)20-16-13-24(22-21-16)11-14-7-5-4-6-8-14/h4-8,13,15H,9-12H2,1-3H3,(H,20,25). The second-order valence-corrected chi connectivity index (χ2v) is 7.69. The van der Waals surface area contributed by atoms with Crippen LogP contribution in [0.1, 0.15) is 32.8 Å². The summed E-state index contributed by atoms with van der Waals surface area (Å²) < 4.78 is 7.03. The van der Waals surface area contributed by atoms with Crippen LogP contribution >= 0.6 is 0 Å². The van der Waals surface area contributed by atoms with Crippen molar-refractivity contribution in [2.24, 2.45) is 5.92 Å². The number of rotatable bonds is 4. The average molecular weight is 371 g/mol. The van der Waals surface area contributed by atoms with Crippen LogP contribution in [0.25, 0.3) is 0 Å². The van der Waals surface area contributed by atoms with Crippen molar-refractivity contribution in [3.8, 4) is 0 Å². The van der Waals surface area contributed by atoms with Gasteiger partial charge in [-0.2, -0.15) is 0 Å². The summed E-state index contributed by atoms with van der Waals surface area (Å²) in [6.45, 7) is 6.91. The predicted molar refractivity (Wildman–Crippen MR) is 100 cm³/mol. The topological polar surface area (TPSA) is 89.4 Å². The molecule has 1 aliphatic rings. The Hall–Kier alpha value is -2.90. The molecule has 8 heteroatoms. The highest BCUT2D eigenvalue weighted by molar-refractivity contribution is 5.92. The molecule has 0 radical (unpaired) electrons. The Bertz CT molecular complexity index is 797. The summed E-state index contributed by atoms with van der Waals surface area (Å²) in [5, 5.41) is 10.8. The lowest BCUT2D eigenvalue weighted by Crippen LogP contribution is -2.36. The van der Waals surface area contributed by atoms with Crippen LogP contribution in [-0.4, -0.2) is 50.6 Å². The molecule has 1 aromatic carbocycles. The van der Waals surface area contributed by atoms with Gasteiger partial charge in [0.05, 0.1) is 18.7 Å². The Balaban J connectivity index is 1.52. The summed E-state index contributed by atoms with van der Waals surface area (Å²) in [5.41, 5.74) is 0.554. The van der Waals surface area contributed by atoms with Crippen LogP contribution < -0.4 is 5.32 Å². The average Bonchev–Trinajstić information content (AvgIpc) is 3.24. The number of nitrogens with one attached hydrogen (secondary N) is 1. The van der Waals surface area contributed by atoms with Gasteiger partial charge >= 0.3 is 6.09 Å². The first-order chi connectivity index (χ1) is 12.8. The van der Waals surface area contributed by atoms with Crippen molar-refractivity contribution in [1.82, 2.24) is 19.9 Å². The number of nitrogens with zero attached hydrogens (tertiary/aromatic N) is 4. The van der Waals surface area contributed by atoms with Crippen molar-refractivity contribution in [2.75, 3.05) is 18.4 Å². The van der Waals surface area contributed by atoms with Crippen LogP contribution in [0.3, 0.4) is 0 Å². The number of carbonyl (C=O) groups is 2. The van der Waals surface area contributed by atoms with E-state index in [-0.39, 0.29) is 17.9 Å². The van der Waals surface area contributed by atoms with Crippen LogP contribution in [0.15, 0.2) is 36.5 Å². The molecule has 2 amide bonds. The molecule has 1 N–H and O–H groups in total. The summed E-state index contributed by atoms with van der Waals surface area (Å²) in [6.07, 6.45) is 1.92. The molecular formula is C19H25N5O3. The molecule has 27 heavy (non-hydrogen) atoms. The second-order valence-electron chi connectivity index (χ2n) is 7.69. The van der Waals surface area contributed by atoms with E-state index < -0.39 is 5.60 Å². The molecule has 1 saturated heterocycles. The van der Waals surface area contributed by atoms with Crippen molar-refractivity contribution < 1.29 is 14.3 Å². The van der Waals surface area contributed by atoms with E-state index in [9.17, 15) is 9.59 Å². The Morgan fingerprint density at radius 3 is 2.70 bits per heavy atom. The van der Waals surface area contributed by atoms with Gasteiger partial charge in [-0.05, 0) is 32.8 Å². The van der Waals surface area contributed by atoms with Gasteiger partial charge in [-0.15, -0.1) is 5.10 Å². The molecule has 0 saturated carbocycles.